The summed E-state index contributed by atoms with van der Waals surface area (Å²) in [7, 11) is 0. The summed E-state index contributed by atoms with van der Waals surface area (Å²) >= 11 is 0. The Balaban J connectivity index is 1.55. The lowest BCUT2D eigenvalue weighted by Gasteiger charge is -2.25. The first-order chi connectivity index (χ1) is 15.8. The highest BCUT2D eigenvalue weighted by atomic mass is 15.3. The maximum Gasteiger partial charge on any atom is 0.163 e. The van der Waals surface area contributed by atoms with Crippen LogP contribution in [0.4, 0.5) is 28.8 Å². The van der Waals surface area contributed by atoms with Gasteiger partial charge < -0.3 is 16.0 Å². The minimum absolute atomic E-state index is 0.440. The maximum absolute atomic E-state index is 6.59. The van der Waals surface area contributed by atoms with Crippen LogP contribution >= 0.6 is 0 Å². The van der Waals surface area contributed by atoms with E-state index in [1.807, 2.05) is 71.6 Å². The van der Waals surface area contributed by atoms with Gasteiger partial charge in [0.05, 0.1) is 12.1 Å². The first-order valence-corrected chi connectivity index (χ1v) is 10.2. The smallest absolute Gasteiger partial charge is 0.163 e. The van der Waals surface area contributed by atoms with E-state index in [9.17, 15) is 0 Å². The van der Waals surface area contributed by atoms with Crippen molar-refractivity contribution in [2.75, 3.05) is 16.0 Å². The zero-order valence-corrected chi connectivity index (χ0v) is 17.3. The van der Waals surface area contributed by atoms with E-state index in [1.165, 1.54) is 6.33 Å². The molecule has 0 saturated carbocycles. The van der Waals surface area contributed by atoms with Crippen LogP contribution in [0.1, 0.15) is 5.56 Å². The number of fused-ring (bicyclic) bond motifs is 1. The topological polar surface area (TPSA) is 92.8 Å². The van der Waals surface area contributed by atoms with Gasteiger partial charge in [0.2, 0.25) is 0 Å². The Kier molecular flexibility index (Phi) is 5.28. The van der Waals surface area contributed by atoms with Crippen LogP contribution in [-0.4, -0.2) is 19.9 Å². The summed E-state index contributed by atoms with van der Waals surface area (Å²) in [6.07, 6.45) is 5.04. The maximum atomic E-state index is 6.59. The van der Waals surface area contributed by atoms with Crippen LogP contribution in [0.3, 0.4) is 0 Å². The van der Waals surface area contributed by atoms with E-state index in [0.29, 0.717) is 23.9 Å². The van der Waals surface area contributed by atoms with E-state index in [1.54, 1.807) is 12.4 Å². The van der Waals surface area contributed by atoms with Crippen molar-refractivity contribution in [1.29, 1.82) is 0 Å². The average molecular weight is 419 g/mol. The third kappa shape index (κ3) is 3.91. The van der Waals surface area contributed by atoms with Gasteiger partial charge in [0.1, 0.15) is 17.8 Å². The van der Waals surface area contributed by atoms with Crippen LogP contribution in [0.2, 0.25) is 0 Å². The lowest BCUT2D eigenvalue weighted by molar-refractivity contribution is 0.918. The number of nitrogens with two attached hydrogens (primary N) is 1. The molecule has 5 rings (SSSR count). The van der Waals surface area contributed by atoms with Gasteiger partial charge in [-0.2, -0.15) is 0 Å². The average Bonchev–Trinajstić information content (AvgIpc) is 2.85. The van der Waals surface area contributed by atoms with E-state index < -0.39 is 0 Å². The predicted octanol–water partition coefficient (Wildman–Crippen LogP) is 5.08. The van der Waals surface area contributed by atoms with Crippen LogP contribution in [0, 0.1) is 0 Å². The molecule has 2 aromatic carbocycles. The van der Waals surface area contributed by atoms with Crippen LogP contribution in [0.5, 0.6) is 0 Å². The van der Waals surface area contributed by atoms with Crippen molar-refractivity contribution in [3.8, 4) is 0 Å². The molecule has 0 spiro atoms. The molecule has 0 aliphatic heterocycles. The fourth-order valence-corrected chi connectivity index (χ4v) is 3.58. The Morgan fingerprint density at radius 2 is 1.59 bits per heavy atom. The van der Waals surface area contributed by atoms with Gasteiger partial charge in [-0.3, -0.25) is 4.98 Å². The molecule has 0 aliphatic carbocycles. The number of rotatable bonds is 6. The number of pyridine rings is 2. The Morgan fingerprint density at radius 1 is 0.750 bits per heavy atom. The zero-order chi connectivity index (χ0) is 21.8. The molecule has 0 amide bonds. The van der Waals surface area contributed by atoms with Crippen molar-refractivity contribution in [1.82, 2.24) is 19.9 Å². The van der Waals surface area contributed by atoms with Crippen molar-refractivity contribution in [3.63, 3.8) is 0 Å². The molecule has 32 heavy (non-hydrogen) atoms. The SMILES string of the molecule is Nc1c(Nc2cccc3ncccc23)ncnc1N(Cc1ccccc1)c1ccccn1. The van der Waals surface area contributed by atoms with Crippen LogP contribution in [0.15, 0.2) is 97.6 Å². The third-order valence-corrected chi connectivity index (χ3v) is 5.13. The van der Waals surface area contributed by atoms with Gasteiger partial charge in [0.25, 0.3) is 0 Å². The second kappa shape index (κ2) is 8.69. The van der Waals surface area contributed by atoms with Gasteiger partial charge in [-0.15, -0.1) is 0 Å². The number of nitrogen functional groups attached to an aromatic ring is 1. The highest BCUT2D eigenvalue weighted by molar-refractivity contribution is 5.94. The van der Waals surface area contributed by atoms with Crippen LogP contribution < -0.4 is 16.0 Å². The molecule has 0 atom stereocenters. The zero-order valence-electron chi connectivity index (χ0n) is 17.3. The standard InChI is InChI=1S/C25H21N7/c26-23-24(31-21-12-6-11-20-19(21)10-7-15-27-20)29-17-30-25(23)32(22-13-4-5-14-28-22)16-18-8-2-1-3-9-18/h1-15,17H,16,26H2,(H,29,30,31). The highest BCUT2D eigenvalue weighted by Gasteiger charge is 2.19. The number of benzene rings is 2. The normalized spacial score (nSPS) is 10.8. The summed E-state index contributed by atoms with van der Waals surface area (Å²) in [4.78, 5) is 19.9. The van der Waals surface area contributed by atoms with Gasteiger partial charge in [-0.05, 0) is 42.0 Å². The Hall–Kier alpha value is -4.52. The summed E-state index contributed by atoms with van der Waals surface area (Å²) < 4.78 is 0. The molecule has 3 N–H and O–H groups in total. The minimum Gasteiger partial charge on any atom is -0.393 e. The quantitative estimate of drug-likeness (QED) is 0.396. The molecular weight excluding hydrogens is 398 g/mol. The number of nitrogens with zero attached hydrogens (tertiary/aromatic N) is 5. The number of hydrogen-bond donors (Lipinski definition) is 2. The van der Waals surface area contributed by atoms with Gasteiger partial charge >= 0.3 is 0 Å². The Bertz CT molecular complexity index is 1340. The fraction of sp³-hybridized carbons (Fsp3) is 0.0400. The van der Waals surface area contributed by atoms with Crippen molar-refractivity contribution >= 4 is 39.7 Å². The number of hydrogen-bond acceptors (Lipinski definition) is 7. The van der Waals surface area contributed by atoms with Crippen LogP contribution in [-0.2, 0) is 6.54 Å². The van der Waals surface area contributed by atoms with E-state index in [2.05, 4.69) is 37.4 Å². The third-order valence-electron chi connectivity index (χ3n) is 5.13. The van der Waals surface area contributed by atoms with Crippen molar-refractivity contribution in [2.45, 2.75) is 6.54 Å². The lowest BCUT2D eigenvalue weighted by Crippen LogP contribution is -2.21. The number of aromatic nitrogens is 4. The molecule has 0 unspecified atom stereocenters. The number of anilines is 5. The first kappa shape index (κ1) is 19.4. The largest absolute Gasteiger partial charge is 0.393 e. The summed E-state index contributed by atoms with van der Waals surface area (Å²) in [5.74, 6) is 1.87. The molecular formula is C25H21N7. The van der Waals surface area contributed by atoms with Gasteiger partial charge in [0.15, 0.2) is 11.6 Å². The van der Waals surface area contributed by atoms with E-state index in [4.69, 9.17) is 5.73 Å². The van der Waals surface area contributed by atoms with E-state index >= 15 is 0 Å². The second-order valence-corrected chi connectivity index (χ2v) is 7.22. The monoisotopic (exact) mass is 419 g/mol. The summed E-state index contributed by atoms with van der Waals surface area (Å²) in [6.45, 7) is 0.566. The first-order valence-electron chi connectivity index (χ1n) is 10.2. The molecule has 7 heteroatoms. The molecule has 5 aromatic rings. The number of nitrogens with one attached hydrogen (secondary N) is 1. The van der Waals surface area contributed by atoms with Crippen molar-refractivity contribution in [2.24, 2.45) is 0 Å². The lowest BCUT2D eigenvalue weighted by atomic mass is 10.2. The van der Waals surface area contributed by atoms with Gasteiger partial charge in [-0.1, -0.05) is 42.5 Å². The summed E-state index contributed by atoms with van der Waals surface area (Å²) in [5.41, 5.74) is 9.92. The van der Waals surface area contributed by atoms with Crippen LogP contribution in [0.25, 0.3) is 10.9 Å². The molecule has 156 valence electrons. The summed E-state index contributed by atoms with van der Waals surface area (Å²) in [5, 5.41) is 4.35. The highest BCUT2D eigenvalue weighted by Crippen LogP contribution is 2.34. The van der Waals surface area contributed by atoms with Crippen molar-refractivity contribution in [3.05, 3.63) is 103 Å². The molecule has 0 saturated heterocycles. The summed E-state index contributed by atoms with van der Waals surface area (Å²) in [6, 6.07) is 25.7. The van der Waals surface area contributed by atoms with Gasteiger partial charge in [-0.25, -0.2) is 15.0 Å². The second-order valence-electron chi connectivity index (χ2n) is 7.22. The molecule has 0 aliphatic rings. The van der Waals surface area contributed by atoms with Gasteiger partial charge in [0, 0.05) is 23.5 Å². The Morgan fingerprint density at radius 3 is 2.44 bits per heavy atom. The molecule has 0 fully saturated rings. The predicted molar refractivity (Wildman–Crippen MR) is 128 cm³/mol. The molecule has 0 radical (unpaired) electrons. The Labute approximate surface area is 185 Å². The fourth-order valence-electron chi connectivity index (χ4n) is 3.58. The molecule has 0 bridgehead atoms. The van der Waals surface area contributed by atoms with E-state index in [0.717, 1.165) is 28.0 Å². The minimum atomic E-state index is 0.440. The molecule has 3 heterocycles. The van der Waals surface area contributed by atoms with Crippen molar-refractivity contribution < 1.29 is 0 Å². The molecule has 7 nitrogen and oxygen atoms in total. The van der Waals surface area contributed by atoms with E-state index in [-0.39, 0.29) is 0 Å². The molecule has 3 aromatic heterocycles.